The van der Waals surface area contributed by atoms with Gasteiger partial charge in [-0.15, -0.1) is 0 Å². The molecule has 0 aromatic heterocycles. The summed E-state index contributed by atoms with van der Waals surface area (Å²) >= 11 is 17.8. The fourth-order valence-corrected chi connectivity index (χ4v) is 4.94. The van der Waals surface area contributed by atoms with E-state index in [1.807, 2.05) is 0 Å². The second-order valence-electron chi connectivity index (χ2n) is 10.7. The van der Waals surface area contributed by atoms with Gasteiger partial charge in [-0.1, -0.05) is 108 Å². The van der Waals surface area contributed by atoms with E-state index in [-0.39, 0.29) is 22.3 Å². The van der Waals surface area contributed by atoms with Crippen molar-refractivity contribution in [2.75, 3.05) is 6.61 Å². The van der Waals surface area contributed by atoms with Crippen LogP contribution in [0, 0.1) is 5.41 Å². The molecule has 1 aliphatic heterocycles. The number of hydrogen-bond donors (Lipinski definition) is 1. The van der Waals surface area contributed by atoms with Crippen molar-refractivity contribution in [1.29, 1.82) is 5.41 Å². The summed E-state index contributed by atoms with van der Waals surface area (Å²) in [5.41, 5.74) is 0.509. The van der Waals surface area contributed by atoms with E-state index in [0.717, 1.165) is 0 Å². The van der Waals surface area contributed by atoms with Gasteiger partial charge in [-0.2, -0.15) is 0 Å². The maximum atomic E-state index is 13.6. The van der Waals surface area contributed by atoms with Gasteiger partial charge in [0.25, 0.3) is 3.79 Å². The van der Waals surface area contributed by atoms with Crippen molar-refractivity contribution in [3.05, 3.63) is 144 Å². The fourth-order valence-electron chi connectivity index (χ4n) is 4.81. The lowest BCUT2D eigenvalue weighted by atomic mass is 9.97. The summed E-state index contributed by atoms with van der Waals surface area (Å²) in [6, 6.07) is 31.5. The van der Waals surface area contributed by atoms with Gasteiger partial charge in [0.05, 0.1) is 22.3 Å². The number of hydrogen-bond acceptors (Lipinski definition) is 11. The number of benzene rings is 4. The minimum absolute atomic E-state index is 0.0904. The number of halogens is 3. The van der Waals surface area contributed by atoms with Gasteiger partial charge < -0.3 is 28.4 Å². The third kappa shape index (κ3) is 9.39. The van der Waals surface area contributed by atoms with Crippen LogP contribution in [-0.4, -0.2) is 70.9 Å². The quantitative estimate of drug-likeness (QED) is 0.0620. The Labute approximate surface area is 301 Å². The smallest absolute Gasteiger partial charge is 0.338 e. The number of esters is 4. The molecule has 0 spiro atoms. The molecular weight excluding hydrogens is 713 g/mol. The van der Waals surface area contributed by atoms with Crippen LogP contribution in [-0.2, 0) is 28.4 Å². The summed E-state index contributed by atoms with van der Waals surface area (Å²) in [5, 5.41) is 8.26. The second kappa shape index (κ2) is 16.6. The zero-order valence-corrected chi connectivity index (χ0v) is 28.1. The van der Waals surface area contributed by atoms with Crippen molar-refractivity contribution >= 4 is 64.6 Å². The van der Waals surface area contributed by atoms with E-state index in [0.29, 0.717) is 0 Å². The Morgan fingerprint density at radius 1 is 0.540 bits per heavy atom. The molecule has 1 heterocycles. The molecule has 0 amide bonds. The molecule has 5 atom stereocenters. The lowest BCUT2D eigenvalue weighted by Gasteiger charge is -2.44. The zero-order valence-electron chi connectivity index (χ0n) is 25.9. The molecule has 5 rings (SSSR count). The Hall–Kier alpha value is -4.94. The SMILES string of the molecule is N=C(OC1OC(COC(=O)c2ccccc2)C(OC(=O)c2ccccc2)C(OC(=O)c2ccccc2)C1OC(=O)c1ccccc1)C(Cl)(Cl)Cl. The normalized spacial score (nSPS) is 20.1. The molecule has 1 saturated heterocycles. The zero-order chi connectivity index (χ0) is 35.7. The highest BCUT2D eigenvalue weighted by atomic mass is 35.6. The summed E-state index contributed by atoms with van der Waals surface area (Å²) < 4.78 is 32.5. The first-order valence-corrected chi connectivity index (χ1v) is 16.1. The van der Waals surface area contributed by atoms with E-state index < -0.39 is 70.9 Å². The van der Waals surface area contributed by atoms with Gasteiger partial charge in [0, 0.05) is 0 Å². The molecule has 5 unspecified atom stereocenters. The molecule has 1 N–H and O–H groups in total. The van der Waals surface area contributed by atoms with Gasteiger partial charge in [0.15, 0.2) is 12.2 Å². The molecular formula is C36H28Cl3NO10. The highest BCUT2D eigenvalue weighted by Crippen LogP contribution is 2.35. The maximum Gasteiger partial charge on any atom is 0.338 e. The molecule has 14 heteroatoms. The predicted octanol–water partition coefficient (Wildman–Crippen LogP) is 6.61. The van der Waals surface area contributed by atoms with Gasteiger partial charge in [-0.25, -0.2) is 19.2 Å². The van der Waals surface area contributed by atoms with E-state index in [4.69, 9.17) is 68.6 Å². The van der Waals surface area contributed by atoms with Crippen molar-refractivity contribution < 1.29 is 47.6 Å². The summed E-state index contributed by atoms with van der Waals surface area (Å²) in [7, 11) is 0. The first-order valence-electron chi connectivity index (χ1n) is 15.0. The van der Waals surface area contributed by atoms with Crippen LogP contribution in [0.25, 0.3) is 0 Å². The van der Waals surface area contributed by atoms with Crippen molar-refractivity contribution in [3.63, 3.8) is 0 Å². The van der Waals surface area contributed by atoms with Crippen LogP contribution in [0.15, 0.2) is 121 Å². The van der Waals surface area contributed by atoms with Crippen LogP contribution in [0.5, 0.6) is 0 Å². The van der Waals surface area contributed by atoms with E-state index in [9.17, 15) is 19.2 Å². The molecule has 11 nitrogen and oxygen atoms in total. The van der Waals surface area contributed by atoms with Gasteiger partial charge in [-0.05, 0) is 48.5 Å². The Balaban J connectivity index is 1.58. The topological polar surface area (TPSA) is 148 Å². The van der Waals surface area contributed by atoms with Gasteiger partial charge >= 0.3 is 23.9 Å². The first kappa shape index (κ1) is 36.3. The second-order valence-corrected chi connectivity index (χ2v) is 12.9. The molecule has 4 aromatic rings. The number of nitrogens with one attached hydrogen (secondary N) is 1. The van der Waals surface area contributed by atoms with Gasteiger partial charge in [0.2, 0.25) is 18.3 Å². The van der Waals surface area contributed by atoms with E-state index in [2.05, 4.69) is 0 Å². The van der Waals surface area contributed by atoms with Crippen molar-refractivity contribution in [1.82, 2.24) is 0 Å². The highest BCUT2D eigenvalue weighted by molar-refractivity contribution is 6.76. The van der Waals surface area contributed by atoms with Crippen LogP contribution < -0.4 is 0 Å². The number of carbonyl (C=O) groups excluding carboxylic acids is 4. The monoisotopic (exact) mass is 739 g/mol. The molecule has 1 aliphatic rings. The first-order chi connectivity index (χ1) is 24.0. The highest BCUT2D eigenvalue weighted by Gasteiger charge is 2.55. The third-order valence-electron chi connectivity index (χ3n) is 7.23. The van der Waals surface area contributed by atoms with Crippen molar-refractivity contribution in [3.8, 4) is 0 Å². The third-order valence-corrected chi connectivity index (χ3v) is 7.74. The molecule has 4 aromatic carbocycles. The number of ether oxygens (including phenoxy) is 6. The van der Waals surface area contributed by atoms with Crippen LogP contribution >= 0.6 is 34.8 Å². The molecule has 0 bridgehead atoms. The maximum absolute atomic E-state index is 13.6. The Bertz CT molecular complexity index is 1790. The van der Waals surface area contributed by atoms with Crippen LogP contribution in [0.1, 0.15) is 41.4 Å². The van der Waals surface area contributed by atoms with Crippen molar-refractivity contribution in [2.45, 2.75) is 34.5 Å². The largest absolute Gasteiger partial charge is 0.459 e. The average Bonchev–Trinajstić information content (AvgIpc) is 3.13. The van der Waals surface area contributed by atoms with E-state index >= 15 is 0 Å². The Morgan fingerprint density at radius 3 is 1.30 bits per heavy atom. The van der Waals surface area contributed by atoms with Gasteiger partial charge in [0.1, 0.15) is 12.7 Å². The average molecular weight is 741 g/mol. The number of carbonyl (C=O) groups is 4. The summed E-state index contributed by atoms with van der Waals surface area (Å²) in [6.07, 6.45) is -8.34. The summed E-state index contributed by atoms with van der Waals surface area (Å²) in [6.45, 7) is -0.597. The molecule has 50 heavy (non-hydrogen) atoms. The van der Waals surface area contributed by atoms with E-state index in [1.54, 1.807) is 72.8 Å². The van der Waals surface area contributed by atoms with Crippen LogP contribution in [0.4, 0.5) is 0 Å². The molecule has 1 fully saturated rings. The Morgan fingerprint density at radius 2 is 0.900 bits per heavy atom. The van der Waals surface area contributed by atoms with Crippen LogP contribution in [0.3, 0.4) is 0 Å². The lowest BCUT2D eigenvalue weighted by Crippen LogP contribution is -2.63. The minimum Gasteiger partial charge on any atom is -0.459 e. The lowest BCUT2D eigenvalue weighted by molar-refractivity contribution is -0.279. The van der Waals surface area contributed by atoms with Gasteiger partial charge in [-0.3, -0.25) is 5.41 Å². The summed E-state index contributed by atoms with van der Waals surface area (Å²) in [5.74, 6) is -4.41. The molecule has 258 valence electrons. The Kier molecular flexibility index (Phi) is 12.1. The van der Waals surface area contributed by atoms with E-state index in [1.165, 1.54) is 48.5 Å². The fraction of sp³-hybridized carbons (Fsp3) is 0.194. The minimum atomic E-state index is -2.40. The molecule has 0 radical (unpaired) electrons. The number of alkyl halides is 3. The standard InChI is InChI=1S/C36H28Cl3NO10/c37-36(38,39)35(40)50-34-29(49-33(44)25-19-11-4-12-20-25)28(48-32(43)24-17-9-3-10-18-24)27(47-31(42)23-15-7-2-8-16-23)26(46-34)21-45-30(41)22-13-5-1-6-14-22/h1-20,26-29,34,40H,21H2. The van der Waals surface area contributed by atoms with Crippen LogP contribution in [0.2, 0.25) is 0 Å². The summed E-state index contributed by atoms with van der Waals surface area (Å²) in [4.78, 5) is 53.5. The number of rotatable bonds is 10. The predicted molar refractivity (Wildman–Crippen MR) is 181 cm³/mol. The molecule has 0 aliphatic carbocycles. The van der Waals surface area contributed by atoms with Crippen molar-refractivity contribution in [2.24, 2.45) is 0 Å². The molecule has 0 saturated carbocycles.